The molecule has 1 fully saturated rings. The number of nitrogens with one attached hydrogen (secondary N) is 2. The molecule has 6 nitrogen and oxygen atoms in total. The molecule has 0 bridgehead atoms. The highest BCUT2D eigenvalue weighted by Crippen LogP contribution is 2.27. The SMILES string of the molecule is O=C(NC1(C(=O)O)CCSCC1)c1ccc(C(=O)c2cc[nH]c2)cc1. The van der Waals surface area contributed by atoms with Gasteiger partial charge in [0.2, 0.25) is 0 Å². The van der Waals surface area contributed by atoms with Crippen molar-refractivity contribution in [3.05, 3.63) is 59.4 Å². The zero-order valence-corrected chi connectivity index (χ0v) is 14.3. The summed E-state index contributed by atoms with van der Waals surface area (Å²) in [5.41, 5.74) is 0.145. The Kier molecular flexibility index (Phi) is 4.94. The van der Waals surface area contributed by atoms with E-state index in [2.05, 4.69) is 10.3 Å². The van der Waals surface area contributed by atoms with Crippen LogP contribution in [0, 0.1) is 0 Å². The highest BCUT2D eigenvalue weighted by molar-refractivity contribution is 7.99. The summed E-state index contributed by atoms with van der Waals surface area (Å²) >= 11 is 1.69. The number of aromatic amines is 1. The molecule has 1 amide bonds. The molecule has 1 saturated heterocycles. The van der Waals surface area contributed by atoms with Crippen molar-refractivity contribution in [1.29, 1.82) is 0 Å². The lowest BCUT2D eigenvalue weighted by Crippen LogP contribution is -2.56. The number of hydrogen-bond donors (Lipinski definition) is 3. The number of carboxylic acids is 1. The number of carbonyl (C=O) groups excluding carboxylic acids is 2. The van der Waals surface area contributed by atoms with Gasteiger partial charge in [-0.2, -0.15) is 11.8 Å². The highest BCUT2D eigenvalue weighted by atomic mass is 32.2. The fourth-order valence-corrected chi connectivity index (χ4v) is 4.00. The minimum absolute atomic E-state index is 0.139. The molecule has 0 radical (unpaired) electrons. The molecular weight excluding hydrogens is 340 g/mol. The summed E-state index contributed by atoms with van der Waals surface area (Å²) in [6.07, 6.45) is 4.09. The number of aromatic nitrogens is 1. The summed E-state index contributed by atoms with van der Waals surface area (Å²) in [5, 5.41) is 12.2. The first kappa shape index (κ1) is 17.3. The molecule has 1 aliphatic heterocycles. The first-order chi connectivity index (χ1) is 12.0. The molecular formula is C18H18N2O4S. The Hall–Kier alpha value is -2.54. The van der Waals surface area contributed by atoms with Gasteiger partial charge in [0, 0.05) is 29.1 Å². The van der Waals surface area contributed by atoms with Crippen LogP contribution in [0.15, 0.2) is 42.7 Å². The van der Waals surface area contributed by atoms with Crippen molar-refractivity contribution in [2.24, 2.45) is 0 Å². The largest absolute Gasteiger partial charge is 0.480 e. The van der Waals surface area contributed by atoms with E-state index >= 15 is 0 Å². The van der Waals surface area contributed by atoms with Gasteiger partial charge in [0.1, 0.15) is 5.54 Å². The average molecular weight is 358 g/mol. The third-order valence-corrected chi connectivity index (χ3v) is 5.36. The van der Waals surface area contributed by atoms with Crippen LogP contribution in [-0.4, -0.2) is 44.8 Å². The van der Waals surface area contributed by atoms with Gasteiger partial charge in [-0.1, -0.05) is 12.1 Å². The van der Waals surface area contributed by atoms with E-state index in [4.69, 9.17) is 0 Å². The van der Waals surface area contributed by atoms with Gasteiger partial charge in [0.25, 0.3) is 5.91 Å². The van der Waals surface area contributed by atoms with Crippen molar-refractivity contribution in [3.8, 4) is 0 Å². The Labute approximate surface area is 149 Å². The monoisotopic (exact) mass is 358 g/mol. The minimum Gasteiger partial charge on any atom is -0.480 e. The van der Waals surface area contributed by atoms with E-state index in [0.29, 0.717) is 41.0 Å². The summed E-state index contributed by atoms with van der Waals surface area (Å²) in [5.74, 6) is -0.164. The predicted octanol–water partition coefficient (Wildman–Crippen LogP) is 2.33. The molecule has 25 heavy (non-hydrogen) atoms. The average Bonchev–Trinajstić information content (AvgIpc) is 3.16. The Morgan fingerprint density at radius 2 is 1.64 bits per heavy atom. The van der Waals surface area contributed by atoms with E-state index < -0.39 is 17.4 Å². The summed E-state index contributed by atoms with van der Waals surface area (Å²) in [4.78, 5) is 39.2. The van der Waals surface area contributed by atoms with Gasteiger partial charge in [-0.25, -0.2) is 4.79 Å². The molecule has 0 unspecified atom stereocenters. The van der Waals surface area contributed by atoms with Crippen molar-refractivity contribution in [1.82, 2.24) is 10.3 Å². The van der Waals surface area contributed by atoms with Crippen LogP contribution in [0.4, 0.5) is 0 Å². The van der Waals surface area contributed by atoms with Gasteiger partial charge < -0.3 is 15.4 Å². The molecule has 0 aliphatic carbocycles. The van der Waals surface area contributed by atoms with Gasteiger partial charge in [-0.05, 0) is 42.5 Å². The zero-order valence-electron chi connectivity index (χ0n) is 13.5. The first-order valence-corrected chi connectivity index (χ1v) is 9.08. The fourth-order valence-electron chi connectivity index (χ4n) is 2.81. The van der Waals surface area contributed by atoms with Crippen LogP contribution in [0.2, 0.25) is 0 Å². The number of aliphatic carboxylic acids is 1. The number of H-pyrrole nitrogens is 1. The fraction of sp³-hybridized carbons (Fsp3) is 0.278. The third kappa shape index (κ3) is 3.61. The van der Waals surface area contributed by atoms with Gasteiger partial charge >= 0.3 is 5.97 Å². The van der Waals surface area contributed by atoms with Gasteiger partial charge in [-0.15, -0.1) is 0 Å². The Bertz CT molecular complexity index is 778. The van der Waals surface area contributed by atoms with Crippen LogP contribution < -0.4 is 5.32 Å². The van der Waals surface area contributed by atoms with Crippen molar-refractivity contribution < 1.29 is 19.5 Å². The second-order valence-corrected chi connectivity index (χ2v) is 7.18. The van der Waals surface area contributed by atoms with Crippen LogP contribution in [0.25, 0.3) is 0 Å². The van der Waals surface area contributed by atoms with Crippen LogP contribution in [0.3, 0.4) is 0 Å². The third-order valence-electron chi connectivity index (χ3n) is 4.38. The maximum atomic E-state index is 12.5. The van der Waals surface area contributed by atoms with E-state index in [9.17, 15) is 19.5 Å². The second-order valence-electron chi connectivity index (χ2n) is 5.96. The van der Waals surface area contributed by atoms with E-state index in [0.717, 1.165) is 0 Å². The molecule has 0 atom stereocenters. The number of benzene rings is 1. The summed E-state index contributed by atoms with van der Waals surface area (Å²) in [6.45, 7) is 0. The number of hydrogen-bond acceptors (Lipinski definition) is 4. The Balaban J connectivity index is 1.74. The van der Waals surface area contributed by atoms with Crippen molar-refractivity contribution in [2.45, 2.75) is 18.4 Å². The van der Waals surface area contributed by atoms with E-state index in [-0.39, 0.29) is 5.78 Å². The summed E-state index contributed by atoms with van der Waals surface area (Å²) in [6, 6.07) is 7.92. The van der Waals surface area contributed by atoms with E-state index in [1.165, 1.54) is 0 Å². The normalized spacial score (nSPS) is 16.2. The minimum atomic E-state index is -1.21. The summed E-state index contributed by atoms with van der Waals surface area (Å²) in [7, 11) is 0. The Morgan fingerprint density at radius 3 is 2.20 bits per heavy atom. The molecule has 1 aromatic carbocycles. The molecule has 2 aromatic rings. The molecule has 1 aromatic heterocycles. The molecule has 0 spiro atoms. The van der Waals surface area contributed by atoms with Crippen LogP contribution in [0.5, 0.6) is 0 Å². The quantitative estimate of drug-likeness (QED) is 0.713. The smallest absolute Gasteiger partial charge is 0.329 e. The van der Waals surface area contributed by atoms with Gasteiger partial charge in [-0.3, -0.25) is 9.59 Å². The van der Waals surface area contributed by atoms with E-state index in [1.54, 1.807) is 54.5 Å². The zero-order chi connectivity index (χ0) is 17.9. The lowest BCUT2D eigenvalue weighted by molar-refractivity contribution is -0.144. The number of carbonyl (C=O) groups is 3. The lowest BCUT2D eigenvalue weighted by atomic mass is 9.91. The van der Waals surface area contributed by atoms with Crippen LogP contribution in [-0.2, 0) is 4.79 Å². The van der Waals surface area contributed by atoms with Gasteiger partial charge in [0.15, 0.2) is 5.78 Å². The van der Waals surface area contributed by atoms with Crippen molar-refractivity contribution in [2.75, 3.05) is 11.5 Å². The molecule has 130 valence electrons. The second kappa shape index (κ2) is 7.14. The molecule has 0 saturated carbocycles. The Morgan fingerprint density at radius 1 is 1.00 bits per heavy atom. The standard InChI is InChI=1S/C18H18N2O4S/c21-15(14-5-8-19-11-14)12-1-3-13(4-2-12)16(22)20-18(17(23)24)6-9-25-10-7-18/h1-5,8,11,19H,6-7,9-10H2,(H,20,22)(H,23,24). The molecule has 3 N–H and O–H groups in total. The number of ketones is 1. The van der Waals surface area contributed by atoms with Crippen LogP contribution in [0.1, 0.15) is 39.1 Å². The highest BCUT2D eigenvalue weighted by Gasteiger charge is 2.41. The van der Waals surface area contributed by atoms with Gasteiger partial charge in [0.05, 0.1) is 0 Å². The molecule has 7 heteroatoms. The maximum Gasteiger partial charge on any atom is 0.329 e. The first-order valence-electron chi connectivity index (χ1n) is 7.93. The number of carboxylic acid groups (broad SMARTS) is 1. The number of rotatable bonds is 5. The summed E-state index contributed by atoms with van der Waals surface area (Å²) < 4.78 is 0. The lowest BCUT2D eigenvalue weighted by Gasteiger charge is -2.33. The molecule has 1 aliphatic rings. The molecule has 2 heterocycles. The topological polar surface area (TPSA) is 99.3 Å². The van der Waals surface area contributed by atoms with Crippen molar-refractivity contribution >= 4 is 29.4 Å². The predicted molar refractivity (Wildman–Crippen MR) is 95.1 cm³/mol. The number of thioether (sulfide) groups is 1. The van der Waals surface area contributed by atoms with Crippen molar-refractivity contribution in [3.63, 3.8) is 0 Å². The van der Waals surface area contributed by atoms with E-state index in [1.807, 2.05) is 0 Å². The number of amides is 1. The van der Waals surface area contributed by atoms with Crippen LogP contribution >= 0.6 is 11.8 Å². The maximum absolute atomic E-state index is 12.5. The molecule has 3 rings (SSSR count).